The highest BCUT2D eigenvalue weighted by Gasteiger charge is 2.06. The first-order chi connectivity index (χ1) is 7.67. The van der Waals surface area contributed by atoms with Crippen molar-refractivity contribution in [3.63, 3.8) is 0 Å². The van der Waals surface area contributed by atoms with Crippen LogP contribution in [0.2, 0.25) is 0 Å². The minimum atomic E-state index is -0.521. The highest BCUT2D eigenvalue weighted by molar-refractivity contribution is 5.99. The number of amides is 1. The zero-order chi connectivity index (χ0) is 12.0. The molecule has 0 bridgehead atoms. The molecular formula is C12H15NO3. The normalized spacial score (nSPS) is 9.88. The van der Waals surface area contributed by atoms with E-state index in [4.69, 9.17) is 5.11 Å². The van der Waals surface area contributed by atoms with Crippen LogP contribution in [0.3, 0.4) is 0 Å². The second-order valence-corrected chi connectivity index (χ2v) is 3.46. The highest BCUT2D eigenvalue weighted by atomic mass is 16.3. The molecule has 4 heteroatoms. The molecule has 1 aromatic carbocycles. The summed E-state index contributed by atoms with van der Waals surface area (Å²) in [5.74, 6) is -0.428. The van der Waals surface area contributed by atoms with Crippen LogP contribution in [-0.2, 0) is 4.79 Å². The fourth-order valence-electron chi connectivity index (χ4n) is 1.31. The number of carbonyl (C=O) groups is 2. The summed E-state index contributed by atoms with van der Waals surface area (Å²) in [7, 11) is 0. The molecule has 0 fully saturated rings. The van der Waals surface area contributed by atoms with Gasteiger partial charge in [0.2, 0.25) is 5.91 Å². The first kappa shape index (κ1) is 12.4. The van der Waals surface area contributed by atoms with Crippen molar-refractivity contribution in [1.82, 2.24) is 0 Å². The molecule has 16 heavy (non-hydrogen) atoms. The third-order valence-electron chi connectivity index (χ3n) is 2.09. The smallest absolute Gasteiger partial charge is 0.224 e. The summed E-state index contributed by atoms with van der Waals surface area (Å²) in [5, 5.41) is 11.4. The van der Waals surface area contributed by atoms with Crippen LogP contribution in [0.1, 0.15) is 30.1 Å². The lowest BCUT2D eigenvalue weighted by atomic mass is 10.1. The predicted molar refractivity (Wildman–Crippen MR) is 61.4 cm³/mol. The first-order valence-electron chi connectivity index (χ1n) is 5.21. The van der Waals surface area contributed by atoms with Gasteiger partial charge in [0.1, 0.15) is 6.61 Å². The molecule has 0 saturated heterocycles. The van der Waals surface area contributed by atoms with Crippen molar-refractivity contribution in [3.05, 3.63) is 29.8 Å². The summed E-state index contributed by atoms with van der Waals surface area (Å²) in [6, 6.07) is 6.55. The molecule has 0 aliphatic carbocycles. The Morgan fingerprint density at radius 2 is 2.12 bits per heavy atom. The van der Waals surface area contributed by atoms with Gasteiger partial charge in [0.05, 0.1) is 0 Å². The van der Waals surface area contributed by atoms with Crippen LogP contribution < -0.4 is 5.32 Å². The Morgan fingerprint density at radius 3 is 2.75 bits per heavy atom. The monoisotopic (exact) mass is 221 g/mol. The molecule has 1 rings (SSSR count). The minimum absolute atomic E-state index is 0.0731. The van der Waals surface area contributed by atoms with Crippen molar-refractivity contribution in [2.75, 3.05) is 11.9 Å². The molecular weight excluding hydrogens is 206 g/mol. The number of aliphatic hydroxyl groups excluding tert-OH is 1. The average molecular weight is 221 g/mol. The molecule has 4 nitrogen and oxygen atoms in total. The van der Waals surface area contributed by atoms with Gasteiger partial charge in [0.15, 0.2) is 5.78 Å². The van der Waals surface area contributed by atoms with Gasteiger partial charge in [-0.05, 0) is 18.6 Å². The van der Waals surface area contributed by atoms with Crippen LogP contribution in [0.15, 0.2) is 24.3 Å². The molecule has 86 valence electrons. The lowest BCUT2D eigenvalue weighted by Gasteiger charge is -2.05. The van der Waals surface area contributed by atoms with Gasteiger partial charge in [0, 0.05) is 17.7 Å². The maximum atomic E-state index is 11.3. The number of carbonyl (C=O) groups excluding carboxylic acids is 2. The van der Waals surface area contributed by atoms with Gasteiger partial charge in [-0.25, -0.2) is 0 Å². The zero-order valence-electron chi connectivity index (χ0n) is 9.19. The van der Waals surface area contributed by atoms with Crippen LogP contribution in [0.25, 0.3) is 0 Å². The van der Waals surface area contributed by atoms with Crippen molar-refractivity contribution < 1.29 is 14.7 Å². The van der Waals surface area contributed by atoms with Crippen molar-refractivity contribution in [2.24, 2.45) is 0 Å². The Labute approximate surface area is 94.3 Å². The zero-order valence-corrected chi connectivity index (χ0v) is 9.19. The number of hydrogen-bond donors (Lipinski definition) is 2. The largest absolute Gasteiger partial charge is 0.388 e. The van der Waals surface area contributed by atoms with E-state index in [2.05, 4.69) is 5.32 Å². The van der Waals surface area contributed by atoms with E-state index in [1.165, 1.54) is 0 Å². The van der Waals surface area contributed by atoms with E-state index < -0.39 is 6.61 Å². The summed E-state index contributed by atoms with van der Waals surface area (Å²) in [6.45, 7) is 1.40. The Balaban J connectivity index is 2.74. The summed E-state index contributed by atoms with van der Waals surface area (Å²) in [4.78, 5) is 22.5. The number of benzene rings is 1. The molecule has 0 aliphatic rings. The molecule has 0 spiro atoms. The average Bonchev–Trinajstić information content (AvgIpc) is 2.28. The molecule has 1 amide bonds. The standard InChI is InChI=1S/C12H15NO3/c1-2-4-12(16)13-10-6-3-5-9(7-10)11(15)8-14/h3,5-7,14H,2,4,8H2,1H3,(H,13,16). The Hall–Kier alpha value is -1.68. The third-order valence-corrected chi connectivity index (χ3v) is 2.09. The van der Waals surface area contributed by atoms with Crippen LogP contribution >= 0.6 is 0 Å². The van der Waals surface area contributed by atoms with E-state index >= 15 is 0 Å². The number of ketones is 1. The van der Waals surface area contributed by atoms with E-state index in [1.807, 2.05) is 6.92 Å². The molecule has 0 aromatic heterocycles. The molecule has 0 radical (unpaired) electrons. The molecule has 2 N–H and O–H groups in total. The molecule has 0 saturated carbocycles. The summed E-state index contributed by atoms with van der Waals surface area (Å²) in [6.07, 6.45) is 1.24. The number of anilines is 1. The number of Topliss-reactive ketones (excluding diaryl/α,β-unsaturated/α-hetero) is 1. The van der Waals surface area contributed by atoms with Crippen LogP contribution in [0.5, 0.6) is 0 Å². The van der Waals surface area contributed by atoms with Gasteiger partial charge in [-0.1, -0.05) is 19.1 Å². The van der Waals surface area contributed by atoms with Gasteiger partial charge in [-0.2, -0.15) is 0 Å². The van der Waals surface area contributed by atoms with E-state index in [1.54, 1.807) is 24.3 Å². The summed E-state index contributed by atoms with van der Waals surface area (Å²) >= 11 is 0. The molecule has 0 unspecified atom stereocenters. The molecule has 1 aromatic rings. The van der Waals surface area contributed by atoms with Gasteiger partial charge in [-0.15, -0.1) is 0 Å². The molecule has 0 heterocycles. The number of rotatable bonds is 5. The predicted octanol–water partition coefficient (Wildman–Crippen LogP) is 1.60. The van der Waals surface area contributed by atoms with Gasteiger partial charge in [-0.3, -0.25) is 9.59 Å². The SMILES string of the molecule is CCCC(=O)Nc1cccc(C(=O)CO)c1. The van der Waals surface area contributed by atoms with E-state index in [9.17, 15) is 9.59 Å². The van der Waals surface area contributed by atoms with Crippen molar-refractivity contribution in [1.29, 1.82) is 0 Å². The summed E-state index contributed by atoms with van der Waals surface area (Å²) < 4.78 is 0. The van der Waals surface area contributed by atoms with Crippen molar-refractivity contribution >= 4 is 17.4 Å². The van der Waals surface area contributed by atoms with Crippen LogP contribution in [0.4, 0.5) is 5.69 Å². The number of hydrogen-bond acceptors (Lipinski definition) is 3. The van der Waals surface area contributed by atoms with Crippen LogP contribution in [0, 0.1) is 0 Å². The molecule has 0 aliphatic heterocycles. The van der Waals surface area contributed by atoms with Gasteiger partial charge in [0.25, 0.3) is 0 Å². The Kier molecular flexibility index (Phi) is 4.66. The molecule has 0 atom stereocenters. The Bertz CT molecular complexity index is 388. The topological polar surface area (TPSA) is 66.4 Å². The number of nitrogens with one attached hydrogen (secondary N) is 1. The third kappa shape index (κ3) is 3.47. The van der Waals surface area contributed by atoms with Gasteiger partial charge < -0.3 is 10.4 Å². The highest BCUT2D eigenvalue weighted by Crippen LogP contribution is 2.11. The number of aliphatic hydroxyl groups is 1. The quantitative estimate of drug-likeness (QED) is 0.742. The lowest BCUT2D eigenvalue weighted by Crippen LogP contribution is -2.11. The Morgan fingerprint density at radius 1 is 1.38 bits per heavy atom. The second-order valence-electron chi connectivity index (χ2n) is 3.46. The fraction of sp³-hybridized carbons (Fsp3) is 0.333. The van der Waals surface area contributed by atoms with Gasteiger partial charge >= 0.3 is 0 Å². The van der Waals surface area contributed by atoms with Crippen LogP contribution in [-0.4, -0.2) is 23.4 Å². The first-order valence-corrected chi connectivity index (χ1v) is 5.21. The van der Waals surface area contributed by atoms with E-state index in [0.29, 0.717) is 17.7 Å². The van der Waals surface area contributed by atoms with E-state index in [-0.39, 0.29) is 11.7 Å². The summed E-state index contributed by atoms with van der Waals surface area (Å²) in [5.41, 5.74) is 0.981. The maximum absolute atomic E-state index is 11.3. The van der Waals surface area contributed by atoms with Crippen molar-refractivity contribution in [3.8, 4) is 0 Å². The lowest BCUT2D eigenvalue weighted by molar-refractivity contribution is -0.116. The van der Waals surface area contributed by atoms with E-state index in [0.717, 1.165) is 6.42 Å². The van der Waals surface area contributed by atoms with Crippen molar-refractivity contribution in [2.45, 2.75) is 19.8 Å². The second kappa shape index (κ2) is 6.02. The minimum Gasteiger partial charge on any atom is -0.388 e. The maximum Gasteiger partial charge on any atom is 0.224 e. The fourth-order valence-corrected chi connectivity index (χ4v) is 1.31.